The summed E-state index contributed by atoms with van der Waals surface area (Å²) in [4.78, 5) is 42.2. The molecule has 0 radical (unpaired) electrons. The molecule has 160 valence electrons. The molecule has 0 atom stereocenters. The van der Waals surface area contributed by atoms with Gasteiger partial charge >= 0.3 is 18.1 Å². The Kier molecular flexibility index (Phi) is 6.94. The van der Waals surface area contributed by atoms with Crippen LogP contribution in [0.5, 0.6) is 6.01 Å². The lowest BCUT2D eigenvalue weighted by Gasteiger charge is -2.36. The molecule has 0 aromatic carbocycles. The molecule has 3 rings (SSSR count). The summed E-state index contributed by atoms with van der Waals surface area (Å²) in [5, 5.41) is 14.2. The number of aromatic nitrogens is 4. The number of ether oxygens (including phenoxy) is 1. The average molecular weight is 415 g/mol. The number of methoxy groups -OCH3 is 1. The lowest BCUT2D eigenvalue weighted by Crippen LogP contribution is -2.50. The van der Waals surface area contributed by atoms with Crippen LogP contribution in [0.15, 0.2) is 24.8 Å². The van der Waals surface area contributed by atoms with Gasteiger partial charge in [-0.15, -0.1) is 0 Å². The molecule has 0 saturated heterocycles. The summed E-state index contributed by atoms with van der Waals surface area (Å²) in [5.41, 5.74) is 1.26. The van der Waals surface area contributed by atoms with Crippen molar-refractivity contribution < 1.29 is 19.4 Å². The minimum atomic E-state index is -1.03. The highest BCUT2D eigenvalue weighted by Gasteiger charge is 2.31. The van der Waals surface area contributed by atoms with Gasteiger partial charge in [0.15, 0.2) is 5.82 Å². The van der Waals surface area contributed by atoms with E-state index in [9.17, 15) is 9.59 Å². The van der Waals surface area contributed by atoms with Crippen molar-refractivity contribution in [3.63, 3.8) is 0 Å². The first-order valence-electron chi connectivity index (χ1n) is 9.76. The van der Waals surface area contributed by atoms with Gasteiger partial charge < -0.3 is 20.5 Å². The maximum absolute atomic E-state index is 12.7. The Morgan fingerprint density at radius 2 is 1.80 bits per heavy atom. The van der Waals surface area contributed by atoms with Crippen LogP contribution in [0.4, 0.5) is 15.4 Å². The van der Waals surface area contributed by atoms with E-state index < -0.39 is 6.09 Å². The topological polar surface area (TPSA) is 142 Å². The van der Waals surface area contributed by atoms with E-state index in [1.165, 1.54) is 7.11 Å². The van der Waals surface area contributed by atoms with Crippen molar-refractivity contribution in [3.8, 4) is 17.3 Å². The van der Waals surface area contributed by atoms with Crippen molar-refractivity contribution in [1.82, 2.24) is 30.6 Å². The number of anilines is 1. The number of nitrogens with zero attached hydrogens (tertiary/aromatic N) is 5. The lowest BCUT2D eigenvalue weighted by molar-refractivity contribution is 0.184. The molecule has 1 fully saturated rings. The predicted molar refractivity (Wildman–Crippen MR) is 108 cm³/mol. The number of carbonyl (C=O) groups is 2. The number of nitrogens with one attached hydrogen (secondary N) is 2. The zero-order valence-corrected chi connectivity index (χ0v) is 16.9. The third-order valence-electron chi connectivity index (χ3n) is 4.93. The minimum Gasteiger partial charge on any atom is -0.467 e. The van der Waals surface area contributed by atoms with Gasteiger partial charge in [0.05, 0.1) is 25.2 Å². The highest BCUT2D eigenvalue weighted by Crippen LogP contribution is 2.27. The molecule has 0 spiro atoms. The molecule has 0 bridgehead atoms. The van der Waals surface area contributed by atoms with Crippen molar-refractivity contribution in [3.05, 3.63) is 24.8 Å². The van der Waals surface area contributed by atoms with E-state index in [0.717, 1.165) is 0 Å². The average Bonchev–Trinajstić information content (AvgIpc) is 2.75. The molecule has 2 aromatic rings. The fourth-order valence-electron chi connectivity index (χ4n) is 3.49. The summed E-state index contributed by atoms with van der Waals surface area (Å²) < 4.78 is 4.95. The highest BCUT2D eigenvalue weighted by atomic mass is 16.5. The zero-order chi connectivity index (χ0) is 21.5. The highest BCUT2D eigenvalue weighted by molar-refractivity contribution is 5.91. The number of rotatable bonds is 6. The van der Waals surface area contributed by atoms with Gasteiger partial charge in [-0.3, -0.25) is 9.88 Å². The van der Waals surface area contributed by atoms with Crippen LogP contribution >= 0.6 is 0 Å². The normalized spacial score (nSPS) is 18.3. The Morgan fingerprint density at radius 3 is 2.33 bits per heavy atom. The monoisotopic (exact) mass is 415 g/mol. The van der Waals surface area contributed by atoms with Gasteiger partial charge in [-0.1, -0.05) is 0 Å². The van der Waals surface area contributed by atoms with Crippen molar-refractivity contribution in [2.24, 2.45) is 0 Å². The van der Waals surface area contributed by atoms with Gasteiger partial charge in [0, 0.05) is 36.6 Å². The molecule has 11 nitrogen and oxygen atoms in total. The minimum absolute atomic E-state index is 0.0899. The van der Waals surface area contributed by atoms with Gasteiger partial charge in [0.1, 0.15) is 0 Å². The molecule has 2 aromatic heterocycles. The van der Waals surface area contributed by atoms with Crippen LogP contribution in [0.2, 0.25) is 0 Å². The molecular formula is C19H25N7O4. The fourth-order valence-corrected chi connectivity index (χ4v) is 3.49. The second-order valence-corrected chi connectivity index (χ2v) is 6.88. The Balaban J connectivity index is 1.77. The predicted octanol–water partition coefficient (Wildman–Crippen LogP) is 2.06. The zero-order valence-electron chi connectivity index (χ0n) is 16.9. The summed E-state index contributed by atoms with van der Waals surface area (Å²) >= 11 is 0. The standard InChI is InChI=1S/C19H25N7O4/c1-3-20-18(27)26(14-6-4-13(5-7-14)25-19(28)29)16-11-21-15(10-22-16)12-8-23-17(30-2)24-9-12/h8-11,13-14,25H,3-7H2,1-2H3,(H,20,27)(H,28,29). The van der Waals surface area contributed by atoms with E-state index in [4.69, 9.17) is 9.84 Å². The molecule has 0 aliphatic heterocycles. The third kappa shape index (κ3) is 5.10. The molecule has 3 amide bonds. The van der Waals surface area contributed by atoms with Gasteiger partial charge in [0.2, 0.25) is 0 Å². The SMILES string of the molecule is CCNC(=O)N(c1cnc(-c2cnc(OC)nc2)cn1)C1CCC(NC(=O)O)CC1. The van der Waals surface area contributed by atoms with Gasteiger partial charge in [-0.25, -0.2) is 24.5 Å². The fraction of sp³-hybridized carbons (Fsp3) is 0.474. The smallest absolute Gasteiger partial charge is 0.404 e. The number of carbonyl (C=O) groups excluding carboxylic acids is 1. The van der Waals surface area contributed by atoms with Crippen molar-refractivity contribution in [1.29, 1.82) is 0 Å². The Bertz CT molecular complexity index is 852. The van der Waals surface area contributed by atoms with Crippen molar-refractivity contribution >= 4 is 17.9 Å². The van der Waals surface area contributed by atoms with E-state index in [-0.39, 0.29) is 24.1 Å². The first-order valence-corrected chi connectivity index (χ1v) is 9.76. The van der Waals surface area contributed by atoms with Crippen LogP contribution < -0.4 is 20.3 Å². The molecule has 1 aliphatic carbocycles. The Morgan fingerprint density at radius 1 is 1.10 bits per heavy atom. The number of amides is 3. The van der Waals surface area contributed by atoms with E-state index >= 15 is 0 Å². The lowest BCUT2D eigenvalue weighted by atomic mass is 9.90. The van der Waals surface area contributed by atoms with Crippen LogP contribution in [-0.4, -0.2) is 62.9 Å². The second kappa shape index (κ2) is 9.81. The molecule has 2 heterocycles. The summed E-state index contributed by atoms with van der Waals surface area (Å²) in [7, 11) is 1.49. The maximum atomic E-state index is 12.7. The summed E-state index contributed by atoms with van der Waals surface area (Å²) in [5.74, 6) is 0.439. The van der Waals surface area contributed by atoms with Crippen molar-refractivity contribution in [2.45, 2.75) is 44.7 Å². The molecule has 1 aliphatic rings. The van der Waals surface area contributed by atoms with Crippen LogP contribution in [0.1, 0.15) is 32.6 Å². The van der Waals surface area contributed by atoms with Crippen LogP contribution in [-0.2, 0) is 0 Å². The number of hydrogen-bond donors (Lipinski definition) is 3. The number of hydrogen-bond acceptors (Lipinski definition) is 7. The molecule has 1 saturated carbocycles. The molecule has 30 heavy (non-hydrogen) atoms. The molecule has 3 N–H and O–H groups in total. The third-order valence-corrected chi connectivity index (χ3v) is 4.93. The largest absolute Gasteiger partial charge is 0.467 e. The van der Waals surface area contributed by atoms with E-state index in [0.29, 0.717) is 49.3 Å². The summed E-state index contributed by atoms with van der Waals surface area (Å²) in [6.07, 6.45) is 7.92. The van der Waals surface area contributed by atoms with E-state index in [1.807, 2.05) is 6.92 Å². The summed E-state index contributed by atoms with van der Waals surface area (Å²) in [6, 6.07) is -0.174. The second-order valence-electron chi connectivity index (χ2n) is 6.88. The Hall–Kier alpha value is -3.50. The van der Waals surface area contributed by atoms with E-state index in [1.54, 1.807) is 29.7 Å². The van der Waals surface area contributed by atoms with Crippen LogP contribution in [0.3, 0.4) is 0 Å². The van der Waals surface area contributed by atoms with Gasteiger partial charge in [-0.2, -0.15) is 0 Å². The summed E-state index contributed by atoms with van der Waals surface area (Å²) in [6.45, 7) is 2.34. The van der Waals surface area contributed by atoms with Crippen LogP contribution in [0.25, 0.3) is 11.3 Å². The van der Waals surface area contributed by atoms with Crippen LogP contribution in [0, 0.1) is 0 Å². The first kappa shape index (κ1) is 21.2. The van der Waals surface area contributed by atoms with E-state index in [2.05, 4.69) is 30.6 Å². The molecule has 11 heteroatoms. The number of urea groups is 1. The molecular weight excluding hydrogens is 390 g/mol. The molecule has 0 unspecified atom stereocenters. The number of carboxylic acid groups (broad SMARTS) is 1. The Labute approximate surface area is 173 Å². The van der Waals surface area contributed by atoms with Crippen molar-refractivity contribution in [2.75, 3.05) is 18.6 Å². The van der Waals surface area contributed by atoms with Gasteiger partial charge in [-0.05, 0) is 32.6 Å². The quantitative estimate of drug-likeness (QED) is 0.651. The first-order chi connectivity index (χ1) is 14.5. The maximum Gasteiger partial charge on any atom is 0.404 e. The van der Waals surface area contributed by atoms with Gasteiger partial charge in [0.25, 0.3) is 0 Å².